The smallest absolute Gasteiger partial charge is 0.0643 e. The number of nitrogens with one attached hydrogen (secondary N) is 1. The van der Waals surface area contributed by atoms with Crippen LogP contribution in [0.5, 0.6) is 0 Å². The maximum absolute atomic E-state index is 6.03. The summed E-state index contributed by atoms with van der Waals surface area (Å²) in [5, 5.41) is 3.43. The largest absolute Gasteiger partial charge is 0.311 e. The molecule has 0 bridgehead atoms. The van der Waals surface area contributed by atoms with E-state index in [4.69, 9.17) is 11.6 Å². The predicted molar refractivity (Wildman–Crippen MR) is 58.5 cm³/mol. The summed E-state index contributed by atoms with van der Waals surface area (Å²) in [6.07, 6.45) is 6.77. The molecule has 0 aliphatic carbocycles. The molecular formula is C11H13ClN2. The molecule has 74 valence electrons. The third-order valence-electron chi connectivity index (χ3n) is 2.29. The van der Waals surface area contributed by atoms with Crippen molar-refractivity contribution in [1.29, 1.82) is 0 Å². The molecule has 0 fully saturated rings. The van der Waals surface area contributed by atoms with Crippen LogP contribution >= 0.6 is 11.6 Å². The van der Waals surface area contributed by atoms with Crippen LogP contribution in [0, 0.1) is 0 Å². The van der Waals surface area contributed by atoms with E-state index in [2.05, 4.69) is 16.4 Å². The van der Waals surface area contributed by atoms with Crippen LogP contribution in [0.4, 0.5) is 0 Å². The molecule has 1 aliphatic rings. The monoisotopic (exact) mass is 208 g/mol. The zero-order valence-electron chi connectivity index (χ0n) is 7.91. The maximum Gasteiger partial charge on any atom is 0.0643 e. The van der Waals surface area contributed by atoms with Crippen molar-refractivity contribution in [3.63, 3.8) is 0 Å². The van der Waals surface area contributed by atoms with Gasteiger partial charge in [-0.05, 0) is 24.1 Å². The lowest BCUT2D eigenvalue weighted by Crippen LogP contribution is -2.30. The molecule has 0 saturated carbocycles. The Morgan fingerprint density at radius 1 is 1.43 bits per heavy atom. The Kier molecular flexibility index (Phi) is 3.17. The summed E-state index contributed by atoms with van der Waals surface area (Å²) < 4.78 is 0. The van der Waals surface area contributed by atoms with Crippen molar-refractivity contribution in [3.8, 4) is 0 Å². The van der Waals surface area contributed by atoms with Crippen LogP contribution in [-0.4, -0.2) is 23.5 Å². The van der Waals surface area contributed by atoms with Gasteiger partial charge in [0, 0.05) is 25.5 Å². The van der Waals surface area contributed by atoms with E-state index >= 15 is 0 Å². The van der Waals surface area contributed by atoms with Gasteiger partial charge in [0.05, 0.1) is 5.38 Å². The van der Waals surface area contributed by atoms with E-state index in [0.29, 0.717) is 0 Å². The molecule has 3 heteroatoms. The SMILES string of the molecule is ClC1C=C(Cc2ccncc2)CNC1. The molecule has 0 saturated heterocycles. The summed E-state index contributed by atoms with van der Waals surface area (Å²) in [7, 11) is 0. The van der Waals surface area contributed by atoms with E-state index in [9.17, 15) is 0 Å². The first-order chi connectivity index (χ1) is 6.84. The number of hydrogen-bond acceptors (Lipinski definition) is 2. The molecule has 1 N–H and O–H groups in total. The van der Waals surface area contributed by atoms with Crippen LogP contribution in [0.25, 0.3) is 0 Å². The minimum Gasteiger partial charge on any atom is -0.311 e. The van der Waals surface area contributed by atoms with Gasteiger partial charge in [-0.3, -0.25) is 4.98 Å². The second-order valence-corrected chi connectivity index (χ2v) is 4.06. The third kappa shape index (κ3) is 2.56. The highest BCUT2D eigenvalue weighted by Crippen LogP contribution is 2.12. The Labute approximate surface area is 89.0 Å². The fourth-order valence-electron chi connectivity index (χ4n) is 1.63. The Hall–Kier alpha value is -0.860. The highest BCUT2D eigenvalue weighted by Gasteiger charge is 2.10. The van der Waals surface area contributed by atoms with Crippen LogP contribution in [0.15, 0.2) is 36.2 Å². The quantitative estimate of drug-likeness (QED) is 0.592. The number of halogens is 1. The Morgan fingerprint density at radius 2 is 2.21 bits per heavy atom. The van der Waals surface area contributed by atoms with E-state index < -0.39 is 0 Å². The summed E-state index contributed by atoms with van der Waals surface area (Å²) in [5.74, 6) is 0. The molecule has 0 amide bonds. The maximum atomic E-state index is 6.03. The van der Waals surface area contributed by atoms with Gasteiger partial charge >= 0.3 is 0 Å². The number of nitrogens with zero attached hydrogens (tertiary/aromatic N) is 1. The van der Waals surface area contributed by atoms with Crippen LogP contribution < -0.4 is 5.32 Å². The standard InChI is InChI=1S/C11H13ClN2/c12-11-6-10(7-14-8-11)5-9-1-3-13-4-2-9/h1-4,6,11,14H,5,7-8H2. The van der Waals surface area contributed by atoms with Crippen LogP contribution in [-0.2, 0) is 6.42 Å². The first kappa shape index (κ1) is 9.69. The summed E-state index contributed by atoms with van der Waals surface area (Å²) in [5.41, 5.74) is 2.65. The number of hydrogen-bond donors (Lipinski definition) is 1. The van der Waals surface area contributed by atoms with Crippen molar-refractivity contribution < 1.29 is 0 Å². The van der Waals surface area contributed by atoms with Gasteiger partial charge < -0.3 is 5.32 Å². The molecule has 1 atom stereocenters. The summed E-state index contributed by atoms with van der Waals surface area (Å²) in [4.78, 5) is 3.99. The van der Waals surface area contributed by atoms with Gasteiger partial charge in [-0.25, -0.2) is 0 Å². The van der Waals surface area contributed by atoms with E-state index in [1.54, 1.807) is 0 Å². The van der Waals surface area contributed by atoms with Crippen molar-refractivity contribution in [2.45, 2.75) is 11.8 Å². The second-order valence-electron chi connectivity index (χ2n) is 3.50. The van der Waals surface area contributed by atoms with Gasteiger partial charge in [0.2, 0.25) is 0 Å². The van der Waals surface area contributed by atoms with Crippen LogP contribution in [0.3, 0.4) is 0 Å². The van der Waals surface area contributed by atoms with Gasteiger partial charge in [0.15, 0.2) is 0 Å². The van der Waals surface area contributed by atoms with Gasteiger partial charge in [-0.2, -0.15) is 0 Å². The van der Waals surface area contributed by atoms with Crippen molar-refractivity contribution >= 4 is 11.6 Å². The molecule has 0 spiro atoms. The highest BCUT2D eigenvalue weighted by atomic mass is 35.5. The topological polar surface area (TPSA) is 24.9 Å². The van der Waals surface area contributed by atoms with Gasteiger partial charge in [0.1, 0.15) is 0 Å². The molecule has 1 aromatic heterocycles. The molecule has 14 heavy (non-hydrogen) atoms. The average Bonchev–Trinajstić information content (AvgIpc) is 2.19. The fourth-order valence-corrected chi connectivity index (χ4v) is 1.92. The highest BCUT2D eigenvalue weighted by molar-refractivity contribution is 6.22. The summed E-state index contributed by atoms with van der Waals surface area (Å²) in [6, 6.07) is 4.08. The lowest BCUT2D eigenvalue weighted by molar-refractivity contribution is 0.695. The van der Waals surface area contributed by atoms with E-state index in [-0.39, 0.29) is 5.38 Å². The Bertz CT molecular complexity index is 321. The molecule has 2 heterocycles. The molecule has 0 radical (unpaired) electrons. The lowest BCUT2D eigenvalue weighted by Gasteiger charge is -2.17. The van der Waals surface area contributed by atoms with Crippen LogP contribution in [0.2, 0.25) is 0 Å². The van der Waals surface area contributed by atoms with E-state index in [1.165, 1.54) is 11.1 Å². The second kappa shape index (κ2) is 4.58. The van der Waals surface area contributed by atoms with Crippen molar-refractivity contribution in [2.75, 3.05) is 13.1 Å². The van der Waals surface area contributed by atoms with E-state index in [1.807, 2.05) is 24.5 Å². The zero-order chi connectivity index (χ0) is 9.80. The first-order valence-electron chi connectivity index (χ1n) is 4.78. The molecule has 2 nitrogen and oxygen atoms in total. The molecule has 1 aliphatic heterocycles. The van der Waals surface area contributed by atoms with Crippen molar-refractivity contribution in [1.82, 2.24) is 10.3 Å². The Morgan fingerprint density at radius 3 is 2.93 bits per heavy atom. The number of pyridine rings is 1. The lowest BCUT2D eigenvalue weighted by atomic mass is 10.0. The molecule has 1 aromatic rings. The van der Waals surface area contributed by atoms with Crippen molar-refractivity contribution in [2.24, 2.45) is 0 Å². The van der Waals surface area contributed by atoms with Crippen molar-refractivity contribution in [3.05, 3.63) is 41.7 Å². The number of alkyl halides is 1. The van der Waals surface area contributed by atoms with Crippen LogP contribution in [0.1, 0.15) is 5.56 Å². The number of rotatable bonds is 2. The molecular weight excluding hydrogens is 196 g/mol. The molecule has 1 unspecified atom stereocenters. The summed E-state index contributed by atoms with van der Waals surface area (Å²) >= 11 is 6.03. The molecule has 2 rings (SSSR count). The number of aromatic nitrogens is 1. The summed E-state index contributed by atoms with van der Waals surface area (Å²) in [6.45, 7) is 1.83. The van der Waals surface area contributed by atoms with Gasteiger partial charge in [0.25, 0.3) is 0 Å². The minimum atomic E-state index is 0.139. The fraction of sp³-hybridized carbons (Fsp3) is 0.364. The first-order valence-corrected chi connectivity index (χ1v) is 5.21. The minimum absolute atomic E-state index is 0.139. The molecule has 0 aromatic carbocycles. The normalized spacial score (nSPS) is 21.8. The Balaban J connectivity index is 2.04. The average molecular weight is 209 g/mol. The third-order valence-corrected chi connectivity index (χ3v) is 2.57. The predicted octanol–water partition coefficient (Wildman–Crippen LogP) is 1.76. The van der Waals surface area contributed by atoms with Gasteiger partial charge in [-0.1, -0.05) is 11.6 Å². The van der Waals surface area contributed by atoms with Gasteiger partial charge in [-0.15, -0.1) is 11.6 Å². The van der Waals surface area contributed by atoms with E-state index in [0.717, 1.165) is 19.5 Å². The zero-order valence-corrected chi connectivity index (χ0v) is 8.67.